The van der Waals surface area contributed by atoms with Gasteiger partial charge in [-0.2, -0.15) is 5.10 Å². The molecule has 128 valence electrons. The number of hydrogen-bond acceptors (Lipinski definition) is 4. The van der Waals surface area contributed by atoms with Gasteiger partial charge >= 0.3 is 6.36 Å². The van der Waals surface area contributed by atoms with Crippen LogP contribution in [0.4, 0.5) is 13.2 Å². The van der Waals surface area contributed by atoms with Crippen molar-refractivity contribution in [3.63, 3.8) is 0 Å². The van der Waals surface area contributed by atoms with E-state index in [2.05, 4.69) is 9.84 Å². The largest absolute Gasteiger partial charge is 0.573 e. The average molecular weight is 364 g/mol. The number of benzene rings is 1. The maximum atomic E-state index is 12.3. The summed E-state index contributed by atoms with van der Waals surface area (Å²) in [4.78, 5) is 13.4. The van der Waals surface area contributed by atoms with Crippen molar-refractivity contribution in [3.8, 4) is 5.75 Å². The standard InChI is InChI=1S/C17H11F3N2O2S/c18-17(19,20)24-14-6-3-12(4-7-14)16(23)22-10-9-13(21-22)5-8-15-2-1-11-25-15/h1-11H. The van der Waals surface area contributed by atoms with Crippen molar-refractivity contribution in [2.75, 3.05) is 0 Å². The van der Waals surface area contributed by atoms with Crippen LogP contribution in [0.25, 0.3) is 12.2 Å². The quantitative estimate of drug-likeness (QED) is 0.674. The summed E-state index contributed by atoms with van der Waals surface area (Å²) in [5.41, 5.74) is 0.796. The van der Waals surface area contributed by atoms with Gasteiger partial charge in [0.1, 0.15) is 5.75 Å². The normalized spacial score (nSPS) is 11.8. The van der Waals surface area contributed by atoms with Gasteiger partial charge in [0.25, 0.3) is 5.91 Å². The Hall–Kier alpha value is -2.87. The Morgan fingerprint density at radius 1 is 1.12 bits per heavy atom. The highest BCUT2D eigenvalue weighted by Crippen LogP contribution is 2.23. The third-order valence-corrected chi connectivity index (χ3v) is 3.95. The number of nitrogens with zero attached hydrogens (tertiary/aromatic N) is 2. The molecule has 0 N–H and O–H groups in total. The van der Waals surface area contributed by atoms with Gasteiger partial charge in [-0.15, -0.1) is 24.5 Å². The van der Waals surface area contributed by atoms with Crippen LogP contribution in [0.1, 0.15) is 20.9 Å². The van der Waals surface area contributed by atoms with Crippen LogP contribution in [0.15, 0.2) is 54.0 Å². The van der Waals surface area contributed by atoms with E-state index in [1.165, 1.54) is 18.3 Å². The van der Waals surface area contributed by atoms with Gasteiger partial charge in [-0.05, 0) is 53.9 Å². The molecule has 0 aliphatic carbocycles. The first-order valence-electron chi connectivity index (χ1n) is 7.08. The first kappa shape index (κ1) is 17.0. The van der Waals surface area contributed by atoms with Gasteiger partial charge in [0.2, 0.25) is 0 Å². The molecular formula is C17H11F3N2O2S. The van der Waals surface area contributed by atoms with E-state index in [0.29, 0.717) is 5.69 Å². The predicted molar refractivity (Wildman–Crippen MR) is 88.3 cm³/mol. The van der Waals surface area contributed by atoms with Gasteiger partial charge in [0.05, 0.1) is 5.69 Å². The fraction of sp³-hybridized carbons (Fsp3) is 0.0588. The van der Waals surface area contributed by atoms with Crippen molar-refractivity contribution in [3.05, 3.63) is 70.2 Å². The molecule has 0 unspecified atom stereocenters. The Bertz CT molecular complexity index is 882. The van der Waals surface area contributed by atoms with Crippen LogP contribution >= 0.6 is 11.3 Å². The van der Waals surface area contributed by atoms with E-state index in [-0.39, 0.29) is 11.3 Å². The molecule has 0 fully saturated rings. The molecule has 0 radical (unpaired) electrons. The van der Waals surface area contributed by atoms with E-state index in [4.69, 9.17) is 0 Å². The summed E-state index contributed by atoms with van der Waals surface area (Å²) in [6.07, 6.45) is 0.384. The molecule has 2 heterocycles. The number of carbonyl (C=O) groups excluding carboxylic acids is 1. The highest BCUT2D eigenvalue weighted by atomic mass is 32.1. The number of ether oxygens (including phenoxy) is 1. The maximum Gasteiger partial charge on any atom is 0.573 e. The Morgan fingerprint density at radius 2 is 1.88 bits per heavy atom. The van der Waals surface area contributed by atoms with Gasteiger partial charge in [-0.25, -0.2) is 4.68 Å². The third kappa shape index (κ3) is 4.57. The fourth-order valence-corrected chi connectivity index (χ4v) is 2.64. The van der Waals surface area contributed by atoms with Crippen molar-refractivity contribution in [2.45, 2.75) is 6.36 Å². The smallest absolute Gasteiger partial charge is 0.406 e. The van der Waals surface area contributed by atoms with Crippen molar-refractivity contribution >= 4 is 29.4 Å². The lowest BCUT2D eigenvalue weighted by Crippen LogP contribution is -2.17. The van der Waals surface area contributed by atoms with Gasteiger partial charge in [0, 0.05) is 16.6 Å². The maximum absolute atomic E-state index is 12.3. The third-order valence-electron chi connectivity index (χ3n) is 3.11. The summed E-state index contributed by atoms with van der Waals surface area (Å²) in [6, 6.07) is 10.2. The zero-order valence-electron chi connectivity index (χ0n) is 12.6. The molecule has 3 rings (SSSR count). The van der Waals surface area contributed by atoms with Gasteiger partial charge in [-0.3, -0.25) is 4.79 Å². The molecule has 25 heavy (non-hydrogen) atoms. The SMILES string of the molecule is O=C(c1ccc(OC(F)(F)F)cc1)n1ccc(C=Cc2cccs2)n1. The topological polar surface area (TPSA) is 44.1 Å². The van der Waals surface area contributed by atoms with E-state index < -0.39 is 12.3 Å². The summed E-state index contributed by atoms with van der Waals surface area (Å²) in [7, 11) is 0. The van der Waals surface area contributed by atoms with E-state index in [9.17, 15) is 18.0 Å². The van der Waals surface area contributed by atoms with E-state index in [0.717, 1.165) is 21.7 Å². The molecular weight excluding hydrogens is 353 g/mol. The van der Waals surface area contributed by atoms with Crippen LogP contribution in [-0.2, 0) is 0 Å². The van der Waals surface area contributed by atoms with Crippen LogP contribution in [-0.4, -0.2) is 22.1 Å². The number of rotatable bonds is 4. The minimum absolute atomic E-state index is 0.200. The van der Waals surface area contributed by atoms with Crippen molar-refractivity contribution < 1.29 is 22.7 Å². The van der Waals surface area contributed by atoms with Crippen LogP contribution < -0.4 is 4.74 Å². The number of hydrogen-bond donors (Lipinski definition) is 0. The molecule has 0 atom stereocenters. The average Bonchev–Trinajstić information content (AvgIpc) is 3.23. The van der Waals surface area contributed by atoms with Crippen LogP contribution in [0.3, 0.4) is 0 Å². The minimum Gasteiger partial charge on any atom is -0.406 e. The highest BCUT2D eigenvalue weighted by Gasteiger charge is 2.31. The lowest BCUT2D eigenvalue weighted by molar-refractivity contribution is -0.274. The lowest BCUT2D eigenvalue weighted by atomic mass is 10.2. The first-order chi connectivity index (χ1) is 11.9. The Labute approximate surface area is 144 Å². The summed E-state index contributed by atoms with van der Waals surface area (Å²) < 4.78 is 41.3. The number of aromatic nitrogens is 2. The minimum atomic E-state index is -4.77. The second-order valence-electron chi connectivity index (χ2n) is 4.91. The second-order valence-corrected chi connectivity index (χ2v) is 5.89. The van der Waals surface area contributed by atoms with Gasteiger partial charge < -0.3 is 4.74 Å². The molecule has 0 bridgehead atoms. The number of thiophene rings is 1. The number of carbonyl (C=O) groups is 1. The molecule has 4 nitrogen and oxygen atoms in total. The molecule has 0 aliphatic rings. The molecule has 0 saturated carbocycles. The van der Waals surface area contributed by atoms with E-state index >= 15 is 0 Å². The zero-order valence-corrected chi connectivity index (χ0v) is 13.4. The summed E-state index contributed by atoms with van der Waals surface area (Å²) in [5.74, 6) is -0.835. The molecule has 2 aromatic heterocycles. The van der Waals surface area contributed by atoms with Crippen molar-refractivity contribution in [1.29, 1.82) is 0 Å². The van der Waals surface area contributed by atoms with E-state index in [1.54, 1.807) is 23.5 Å². The van der Waals surface area contributed by atoms with Gasteiger partial charge in [-0.1, -0.05) is 6.07 Å². The number of halogens is 3. The van der Waals surface area contributed by atoms with E-state index in [1.807, 2.05) is 23.6 Å². The Morgan fingerprint density at radius 3 is 2.52 bits per heavy atom. The lowest BCUT2D eigenvalue weighted by Gasteiger charge is -2.08. The summed E-state index contributed by atoms with van der Waals surface area (Å²) in [5, 5.41) is 6.09. The molecule has 8 heteroatoms. The van der Waals surface area contributed by atoms with Gasteiger partial charge in [0.15, 0.2) is 0 Å². The predicted octanol–water partition coefficient (Wildman–Crippen LogP) is 4.70. The fourth-order valence-electron chi connectivity index (χ4n) is 2.03. The summed E-state index contributed by atoms with van der Waals surface area (Å²) in [6.45, 7) is 0. The number of alkyl halides is 3. The monoisotopic (exact) mass is 364 g/mol. The molecule has 1 aromatic carbocycles. The first-order valence-corrected chi connectivity index (χ1v) is 7.96. The Kier molecular flexibility index (Phi) is 4.71. The molecule has 3 aromatic rings. The Balaban J connectivity index is 1.71. The van der Waals surface area contributed by atoms with Crippen molar-refractivity contribution in [2.24, 2.45) is 0 Å². The van der Waals surface area contributed by atoms with Crippen LogP contribution in [0.2, 0.25) is 0 Å². The zero-order chi connectivity index (χ0) is 17.9. The molecule has 0 amide bonds. The second kappa shape index (κ2) is 6.94. The van der Waals surface area contributed by atoms with Crippen molar-refractivity contribution in [1.82, 2.24) is 9.78 Å². The molecule has 0 aliphatic heterocycles. The summed E-state index contributed by atoms with van der Waals surface area (Å²) >= 11 is 1.58. The molecule has 0 saturated heterocycles. The highest BCUT2D eigenvalue weighted by molar-refractivity contribution is 7.10. The van der Waals surface area contributed by atoms with Crippen LogP contribution in [0, 0.1) is 0 Å². The molecule has 0 spiro atoms. The van der Waals surface area contributed by atoms with Crippen LogP contribution in [0.5, 0.6) is 5.75 Å².